The zero-order chi connectivity index (χ0) is 26.8. The van der Waals surface area contributed by atoms with Gasteiger partial charge in [-0.2, -0.15) is 0 Å². The number of nitrogens with zero attached hydrogens (tertiary/aromatic N) is 3. The van der Waals surface area contributed by atoms with Gasteiger partial charge in [-0.1, -0.05) is 142 Å². The molecule has 0 saturated heterocycles. The van der Waals surface area contributed by atoms with Crippen LogP contribution in [0, 0.1) is 0 Å². The first-order valence-corrected chi connectivity index (χ1v) is 13.4. The van der Waals surface area contributed by atoms with Crippen LogP contribution < -0.4 is 0 Å². The number of para-hydroxylation sites is 1. The minimum Gasteiger partial charge on any atom is -0.275 e. The summed E-state index contributed by atoms with van der Waals surface area (Å²) < 4.78 is 2.14. The summed E-state index contributed by atoms with van der Waals surface area (Å²) in [5, 5.41) is 9.34. The fourth-order valence-electron chi connectivity index (χ4n) is 4.90. The Bertz CT molecular complexity index is 1670. The van der Waals surface area contributed by atoms with Crippen molar-refractivity contribution < 1.29 is 0 Å². The van der Waals surface area contributed by atoms with Crippen molar-refractivity contribution in [2.45, 2.75) is 26.2 Å². The maximum Gasteiger partial charge on any atom is 0.168 e. The highest BCUT2D eigenvalue weighted by Gasteiger charge is 2.18. The molecule has 1 heterocycles. The predicted octanol–water partition coefficient (Wildman–Crippen LogP) is 9.23. The van der Waals surface area contributed by atoms with Gasteiger partial charge in [0.05, 0.1) is 0 Å². The highest BCUT2D eigenvalue weighted by atomic mass is 15.3. The topological polar surface area (TPSA) is 30.7 Å². The van der Waals surface area contributed by atoms with E-state index in [0.29, 0.717) is 0 Å². The Morgan fingerprint density at radius 2 is 0.769 bits per heavy atom. The number of benzene rings is 5. The lowest BCUT2D eigenvalue weighted by atomic mass is 9.86. The SMILES string of the molecule is CC(C)(C)c1ccc(-c2ccc(-c3nnc(-c4ccc(-c5ccccc5)cc4)n3-c3ccccc3)cc2)cc1. The molecule has 6 aromatic rings. The second-order valence-corrected chi connectivity index (χ2v) is 10.9. The van der Waals surface area contributed by atoms with Crippen LogP contribution >= 0.6 is 0 Å². The first-order chi connectivity index (χ1) is 19.0. The Morgan fingerprint density at radius 1 is 0.410 bits per heavy atom. The average molecular weight is 506 g/mol. The van der Waals surface area contributed by atoms with Crippen LogP contribution in [0.15, 0.2) is 133 Å². The third-order valence-corrected chi connectivity index (χ3v) is 7.16. The Labute approximate surface area is 230 Å². The van der Waals surface area contributed by atoms with E-state index in [-0.39, 0.29) is 5.41 Å². The summed E-state index contributed by atoms with van der Waals surface area (Å²) in [5.74, 6) is 1.63. The summed E-state index contributed by atoms with van der Waals surface area (Å²) in [7, 11) is 0. The Morgan fingerprint density at radius 3 is 1.21 bits per heavy atom. The standard InChI is InChI=1S/C36H31N3/c1-36(2,3)32-24-22-29(23-25-32)28-16-20-31(21-17-28)35-38-37-34(39(35)33-12-8-5-9-13-33)30-18-14-27(15-19-30)26-10-6-4-7-11-26/h4-25H,1-3H3. The molecule has 1 aromatic heterocycles. The molecule has 3 heteroatoms. The van der Waals surface area contributed by atoms with E-state index in [2.05, 4.69) is 145 Å². The molecular formula is C36H31N3. The molecule has 190 valence electrons. The zero-order valence-corrected chi connectivity index (χ0v) is 22.5. The molecule has 0 aliphatic heterocycles. The van der Waals surface area contributed by atoms with Crippen molar-refractivity contribution in [1.82, 2.24) is 14.8 Å². The largest absolute Gasteiger partial charge is 0.275 e. The van der Waals surface area contributed by atoms with E-state index in [1.807, 2.05) is 24.3 Å². The smallest absolute Gasteiger partial charge is 0.168 e. The summed E-state index contributed by atoms with van der Waals surface area (Å²) in [4.78, 5) is 0. The highest BCUT2D eigenvalue weighted by molar-refractivity contribution is 5.73. The van der Waals surface area contributed by atoms with Gasteiger partial charge < -0.3 is 0 Å². The molecule has 0 N–H and O–H groups in total. The molecule has 6 rings (SSSR count). The molecule has 0 unspecified atom stereocenters. The fourth-order valence-corrected chi connectivity index (χ4v) is 4.90. The van der Waals surface area contributed by atoms with Gasteiger partial charge in [-0.15, -0.1) is 10.2 Å². The van der Waals surface area contributed by atoms with Crippen molar-refractivity contribution in [3.8, 4) is 50.7 Å². The van der Waals surface area contributed by atoms with E-state index in [9.17, 15) is 0 Å². The van der Waals surface area contributed by atoms with Gasteiger partial charge in [-0.3, -0.25) is 4.57 Å². The molecule has 0 aliphatic rings. The number of hydrogen-bond donors (Lipinski definition) is 0. The van der Waals surface area contributed by atoms with Gasteiger partial charge in [0, 0.05) is 16.8 Å². The molecule has 3 nitrogen and oxygen atoms in total. The van der Waals surface area contributed by atoms with Gasteiger partial charge >= 0.3 is 0 Å². The van der Waals surface area contributed by atoms with E-state index in [1.165, 1.54) is 27.8 Å². The van der Waals surface area contributed by atoms with Crippen molar-refractivity contribution >= 4 is 0 Å². The summed E-state index contributed by atoms with van der Waals surface area (Å²) in [6.45, 7) is 6.72. The fraction of sp³-hybridized carbons (Fsp3) is 0.111. The summed E-state index contributed by atoms with van der Waals surface area (Å²) in [6.07, 6.45) is 0. The molecular weight excluding hydrogens is 474 g/mol. The van der Waals surface area contributed by atoms with Crippen LogP contribution in [0.5, 0.6) is 0 Å². The van der Waals surface area contributed by atoms with Crippen molar-refractivity contribution in [2.75, 3.05) is 0 Å². The molecule has 39 heavy (non-hydrogen) atoms. The lowest BCUT2D eigenvalue weighted by Gasteiger charge is -2.19. The van der Waals surface area contributed by atoms with Gasteiger partial charge in [0.25, 0.3) is 0 Å². The molecule has 0 saturated carbocycles. The van der Waals surface area contributed by atoms with Crippen molar-refractivity contribution in [3.05, 3.63) is 139 Å². The van der Waals surface area contributed by atoms with E-state index in [4.69, 9.17) is 0 Å². The molecule has 0 atom stereocenters. The molecule has 0 radical (unpaired) electrons. The van der Waals surface area contributed by atoms with Crippen LogP contribution in [0.1, 0.15) is 26.3 Å². The zero-order valence-electron chi connectivity index (χ0n) is 22.5. The van der Waals surface area contributed by atoms with Crippen LogP contribution in [-0.4, -0.2) is 14.8 Å². The highest BCUT2D eigenvalue weighted by Crippen LogP contribution is 2.32. The molecule has 5 aromatic carbocycles. The average Bonchev–Trinajstić information content (AvgIpc) is 3.43. The molecule has 0 bridgehead atoms. The normalized spacial score (nSPS) is 11.5. The number of aromatic nitrogens is 3. The lowest BCUT2D eigenvalue weighted by Crippen LogP contribution is -2.10. The second-order valence-electron chi connectivity index (χ2n) is 10.9. The minimum atomic E-state index is 0.142. The third kappa shape index (κ3) is 5.04. The Kier molecular flexibility index (Phi) is 6.42. The van der Waals surface area contributed by atoms with Gasteiger partial charge in [-0.05, 0) is 45.4 Å². The van der Waals surface area contributed by atoms with Crippen LogP contribution in [0.25, 0.3) is 50.7 Å². The number of hydrogen-bond acceptors (Lipinski definition) is 2. The monoisotopic (exact) mass is 505 g/mol. The number of rotatable bonds is 5. The van der Waals surface area contributed by atoms with Crippen molar-refractivity contribution in [2.24, 2.45) is 0 Å². The summed E-state index contributed by atoms with van der Waals surface area (Å²) in [6, 6.07) is 46.8. The molecule has 0 spiro atoms. The van der Waals surface area contributed by atoms with Gasteiger partial charge in [0.15, 0.2) is 11.6 Å². The molecule has 0 aliphatic carbocycles. The predicted molar refractivity (Wildman–Crippen MR) is 162 cm³/mol. The van der Waals surface area contributed by atoms with Gasteiger partial charge in [0.2, 0.25) is 0 Å². The van der Waals surface area contributed by atoms with Crippen molar-refractivity contribution in [3.63, 3.8) is 0 Å². The molecule has 0 amide bonds. The quantitative estimate of drug-likeness (QED) is 0.234. The minimum absolute atomic E-state index is 0.142. The molecule has 0 fully saturated rings. The Hall–Kier alpha value is -4.76. The maximum atomic E-state index is 4.67. The maximum absolute atomic E-state index is 4.67. The second kappa shape index (κ2) is 10.2. The van der Waals surface area contributed by atoms with Crippen LogP contribution in [0.2, 0.25) is 0 Å². The van der Waals surface area contributed by atoms with Crippen LogP contribution in [-0.2, 0) is 5.41 Å². The van der Waals surface area contributed by atoms with E-state index in [0.717, 1.165) is 28.5 Å². The van der Waals surface area contributed by atoms with Crippen LogP contribution in [0.4, 0.5) is 0 Å². The van der Waals surface area contributed by atoms with E-state index < -0.39 is 0 Å². The Balaban J connectivity index is 1.37. The van der Waals surface area contributed by atoms with Gasteiger partial charge in [0.1, 0.15) is 0 Å². The van der Waals surface area contributed by atoms with Gasteiger partial charge in [-0.25, -0.2) is 0 Å². The van der Waals surface area contributed by atoms with E-state index in [1.54, 1.807) is 0 Å². The first kappa shape index (κ1) is 24.6. The third-order valence-electron chi connectivity index (χ3n) is 7.16. The van der Waals surface area contributed by atoms with E-state index >= 15 is 0 Å². The lowest BCUT2D eigenvalue weighted by molar-refractivity contribution is 0.590. The summed E-state index contributed by atoms with van der Waals surface area (Å²) >= 11 is 0. The van der Waals surface area contributed by atoms with Crippen LogP contribution in [0.3, 0.4) is 0 Å². The summed E-state index contributed by atoms with van der Waals surface area (Å²) in [5.41, 5.74) is 9.31. The first-order valence-electron chi connectivity index (χ1n) is 13.4. The van der Waals surface area contributed by atoms with Crippen molar-refractivity contribution in [1.29, 1.82) is 0 Å².